The summed E-state index contributed by atoms with van der Waals surface area (Å²) in [6.07, 6.45) is 0.625. The molecule has 1 fully saturated rings. The maximum atomic E-state index is 11.5. The number of carbonyl (C=O) groups is 1. The molecule has 2 atom stereocenters. The molecular weight excluding hydrogens is 283 g/mol. The Labute approximate surface area is 108 Å². The minimum absolute atomic E-state index is 0.226. The summed E-state index contributed by atoms with van der Waals surface area (Å²) in [5.74, 6) is 0.0963. The molecule has 0 amide bonds. The second-order valence-electron chi connectivity index (χ2n) is 3.99. The van der Waals surface area contributed by atoms with Gasteiger partial charge >= 0.3 is 107 Å². The first kappa shape index (κ1) is 12.6. The van der Waals surface area contributed by atoms with Crippen LogP contribution < -0.4 is 4.46 Å². The molecule has 0 aliphatic carbocycles. The van der Waals surface area contributed by atoms with Crippen molar-refractivity contribution in [1.82, 2.24) is 0 Å². The van der Waals surface area contributed by atoms with E-state index in [1.165, 1.54) is 11.6 Å². The van der Waals surface area contributed by atoms with Crippen molar-refractivity contribution >= 4 is 25.4 Å². The van der Waals surface area contributed by atoms with E-state index in [-0.39, 0.29) is 12.1 Å². The van der Waals surface area contributed by atoms with Gasteiger partial charge in [-0.15, -0.1) is 0 Å². The summed E-state index contributed by atoms with van der Waals surface area (Å²) in [4.78, 5) is 11.5. The number of esters is 1. The molecule has 0 radical (unpaired) electrons. The summed E-state index contributed by atoms with van der Waals surface area (Å²) in [5.41, 5.74) is 0. The van der Waals surface area contributed by atoms with Crippen LogP contribution in [0, 0.1) is 5.92 Å². The Morgan fingerprint density at radius 2 is 2.24 bits per heavy atom. The van der Waals surface area contributed by atoms with E-state index in [1.54, 1.807) is 0 Å². The fourth-order valence-electron chi connectivity index (χ4n) is 1.90. The SMILES string of the molecule is COC(=O)[C@@H]1OCC[C@H]1C[Se]c1ccccc1. The van der Waals surface area contributed by atoms with Crippen LogP contribution in [-0.4, -0.2) is 40.7 Å². The third-order valence-electron chi connectivity index (χ3n) is 2.85. The molecule has 1 aromatic rings. The molecule has 3 nitrogen and oxygen atoms in total. The van der Waals surface area contributed by atoms with Crippen LogP contribution in [0.3, 0.4) is 0 Å². The Bertz CT molecular complexity index is 366. The molecule has 1 aliphatic heterocycles. The Morgan fingerprint density at radius 1 is 1.47 bits per heavy atom. The van der Waals surface area contributed by atoms with Crippen LogP contribution in [-0.2, 0) is 14.3 Å². The summed E-state index contributed by atoms with van der Waals surface area (Å²) < 4.78 is 11.6. The van der Waals surface area contributed by atoms with Crippen molar-refractivity contribution in [2.45, 2.75) is 17.8 Å². The van der Waals surface area contributed by atoms with E-state index in [1.807, 2.05) is 6.07 Å². The van der Waals surface area contributed by atoms with Crippen LogP contribution in [0.4, 0.5) is 0 Å². The van der Waals surface area contributed by atoms with Crippen LogP contribution >= 0.6 is 0 Å². The van der Waals surface area contributed by atoms with Crippen LogP contribution in [0.5, 0.6) is 0 Å². The number of rotatable bonds is 4. The maximum absolute atomic E-state index is 11.5. The number of hydrogen-bond donors (Lipinski definition) is 0. The fourth-order valence-corrected chi connectivity index (χ4v) is 4.20. The molecular formula is C13H16O3Se. The van der Waals surface area contributed by atoms with Crippen molar-refractivity contribution in [3.63, 3.8) is 0 Å². The van der Waals surface area contributed by atoms with Gasteiger partial charge in [-0.05, 0) is 0 Å². The summed E-state index contributed by atoms with van der Waals surface area (Å²) >= 11 is 0.409. The van der Waals surface area contributed by atoms with Gasteiger partial charge in [-0.3, -0.25) is 0 Å². The van der Waals surface area contributed by atoms with Crippen LogP contribution in [0.2, 0.25) is 5.32 Å². The third-order valence-corrected chi connectivity index (χ3v) is 5.37. The van der Waals surface area contributed by atoms with E-state index < -0.39 is 0 Å². The van der Waals surface area contributed by atoms with Crippen molar-refractivity contribution in [2.24, 2.45) is 5.92 Å². The first-order chi connectivity index (χ1) is 8.31. The second-order valence-corrected chi connectivity index (χ2v) is 6.28. The van der Waals surface area contributed by atoms with Crippen molar-refractivity contribution in [3.8, 4) is 0 Å². The predicted molar refractivity (Wildman–Crippen MR) is 66.5 cm³/mol. The van der Waals surface area contributed by atoms with Gasteiger partial charge in [-0.2, -0.15) is 0 Å². The first-order valence-electron chi connectivity index (χ1n) is 5.68. The van der Waals surface area contributed by atoms with Gasteiger partial charge in [0.1, 0.15) is 0 Å². The van der Waals surface area contributed by atoms with Gasteiger partial charge in [-0.25, -0.2) is 0 Å². The van der Waals surface area contributed by atoms with Crippen molar-refractivity contribution < 1.29 is 14.3 Å². The summed E-state index contributed by atoms with van der Waals surface area (Å²) in [6.45, 7) is 0.676. The summed E-state index contributed by atoms with van der Waals surface area (Å²) in [5, 5.41) is 1.04. The van der Waals surface area contributed by atoms with Gasteiger partial charge in [0, 0.05) is 0 Å². The molecule has 17 heavy (non-hydrogen) atoms. The van der Waals surface area contributed by atoms with Gasteiger partial charge in [-0.1, -0.05) is 0 Å². The average Bonchev–Trinajstić information content (AvgIpc) is 2.85. The van der Waals surface area contributed by atoms with Crippen LogP contribution in [0.15, 0.2) is 30.3 Å². The standard InChI is InChI=1S/C13H16O3Se/c1-15-13(14)12-10(7-8-16-12)9-17-11-5-3-2-4-6-11/h2-6,10,12H,7-9H2,1H3/t10-,12+/m0/s1. The Kier molecular flexibility index (Phi) is 4.60. The normalized spacial score (nSPS) is 23.6. The van der Waals surface area contributed by atoms with Gasteiger partial charge in [0.2, 0.25) is 0 Å². The summed E-state index contributed by atoms with van der Waals surface area (Å²) in [7, 11) is 1.42. The molecule has 92 valence electrons. The first-order valence-corrected chi connectivity index (χ1v) is 7.75. The molecule has 1 aromatic carbocycles. The fraction of sp³-hybridized carbons (Fsp3) is 0.462. The van der Waals surface area contributed by atoms with Gasteiger partial charge < -0.3 is 0 Å². The Morgan fingerprint density at radius 3 is 2.94 bits per heavy atom. The molecule has 0 saturated carbocycles. The third kappa shape index (κ3) is 3.32. The molecule has 4 heteroatoms. The second kappa shape index (κ2) is 6.20. The molecule has 0 aromatic heterocycles. The Hall–Kier alpha value is -0.831. The monoisotopic (exact) mass is 300 g/mol. The topological polar surface area (TPSA) is 35.5 Å². The molecule has 0 N–H and O–H groups in total. The summed E-state index contributed by atoms with van der Waals surface area (Å²) in [6, 6.07) is 10.4. The number of hydrogen-bond acceptors (Lipinski definition) is 3. The predicted octanol–water partition coefficient (Wildman–Crippen LogP) is 1.01. The van der Waals surface area contributed by atoms with Crippen molar-refractivity contribution in [1.29, 1.82) is 0 Å². The number of methoxy groups -OCH3 is 1. The van der Waals surface area contributed by atoms with Crippen LogP contribution in [0.25, 0.3) is 0 Å². The van der Waals surface area contributed by atoms with Gasteiger partial charge in [0.05, 0.1) is 0 Å². The van der Waals surface area contributed by atoms with E-state index in [9.17, 15) is 4.79 Å². The number of benzene rings is 1. The zero-order valence-corrected chi connectivity index (χ0v) is 11.5. The van der Waals surface area contributed by atoms with E-state index in [2.05, 4.69) is 24.3 Å². The molecule has 2 rings (SSSR count). The van der Waals surface area contributed by atoms with Crippen molar-refractivity contribution in [3.05, 3.63) is 30.3 Å². The zero-order valence-electron chi connectivity index (χ0n) is 9.80. The number of ether oxygens (including phenoxy) is 2. The van der Waals surface area contributed by atoms with E-state index >= 15 is 0 Å². The van der Waals surface area contributed by atoms with E-state index in [0.29, 0.717) is 27.5 Å². The molecule has 0 spiro atoms. The average molecular weight is 299 g/mol. The minimum atomic E-state index is -0.342. The quantitative estimate of drug-likeness (QED) is 0.615. The van der Waals surface area contributed by atoms with Gasteiger partial charge in [0.25, 0.3) is 0 Å². The Balaban J connectivity index is 1.88. The van der Waals surface area contributed by atoms with E-state index in [4.69, 9.17) is 9.47 Å². The van der Waals surface area contributed by atoms with Crippen LogP contribution in [0.1, 0.15) is 6.42 Å². The molecule has 1 aliphatic rings. The van der Waals surface area contributed by atoms with E-state index in [0.717, 1.165) is 11.7 Å². The number of carbonyl (C=O) groups excluding carboxylic acids is 1. The molecule has 0 unspecified atom stereocenters. The van der Waals surface area contributed by atoms with Crippen molar-refractivity contribution in [2.75, 3.05) is 13.7 Å². The molecule has 1 heterocycles. The van der Waals surface area contributed by atoms with Gasteiger partial charge in [0.15, 0.2) is 0 Å². The molecule has 1 saturated heterocycles. The molecule has 0 bridgehead atoms. The zero-order chi connectivity index (χ0) is 12.1.